The van der Waals surface area contributed by atoms with E-state index in [-0.39, 0.29) is 6.04 Å². The SMILES string of the molecule is CCCCc1ccc(C(N)c2sccc2CC)cc1. The zero-order chi connectivity index (χ0) is 13.7. The average molecular weight is 273 g/mol. The fourth-order valence-electron chi connectivity index (χ4n) is 2.34. The highest BCUT2D eigenvalue weighted by molar-refractivity contribution is 7.10. The quantitative estimate of drug-likeness (QED) is 0.811. The number of thiophene rings is 1. The van der Waals surface area contributed by atoms with Crippen LogP contribution in [0.2, 0.25) is 0 Å². The molecule has 0 fully saturated rings. The molecule has 0 aliphatic rings. The van der Waals surface area contributed by atoms with Gasteiger partial charge in [-0.25, -0.2) is 0 Å². The van der Waals surface area contributed by atoms with Gasteiger partial charge in [0.2, 0.25) is 0 Å². The fraction of sp³-hybridized carbons (Fsp3) is 0.412. The Kier molecular flexibility index (Phi) is 5.17. The molecule has 0 amide bonds. The molecule has 1 aromatic carbocycles. The van der Waals surface area contributed by atoms with Crippen LogP contribution in [0.25, 0.3) is 0 Å². The molecule has 0 saturated heterocycles. The van der Waals surface area contributed by atoms with E-state index in [0.29, 0.717) is 0 Å². The van der Waals surface area contributed by atoms with Crippen LogP contribution < -0.4 is 5.73 Å². The molecule has 19 heavy (non-hydrogen) atoms. The lowest BCUT2D eigenvalue weighted by molar-refractivity contribution is 0.793. The molecule has 1 heterocycles. The minimum absolute atomic E-state index is 0.0233. The normalized spacial score (nSPS) is 12.6. The van der Waals surface area contributed by atoms with Crippen molar-refractivity contribution < 1.29 is 0 Å². The van der Waals surface area contributed by atoms with Crippen molar-refractivity contribution in [2.45, 2.75) is 45.6 Å². The van der Waals surface area contributed by atoms with Gasteiger partial charge >= 0.3 is 0 Å². The van der Waals surface area contributed by atoms with E-state index in [1.54, 1.807) is 11.3 Å². The largest absolute Gasteiger partial charge is 0.320 e. The van der Waals surface area contributed by atoms with Crippen LogP contribution >= 0.6 is 11.3 Å². The van der Waals surface area contributed by atoms with Gasteiger partial charge in [-0.2, -0.15) is 0 Å². The van der Waals surface area contributed by atoms with Gasteiger partial charge in [0.15, 0.2) is 0 Å². The average Bonchev–Trinajstić information content (AvgIpc) is 2.93. The van der Waals surface area contributed by atoms with Crippen LogP contribution in [0.5, 0.6) is 0 Å². The second-order valence-corrected chi connectivity index (χ2v) is 5.93. The molecule has 0 aliphatic carbocycles. The van der Waals surface area contributed by atoms with Crippen LogP contribution in [0.4, 0.5) is 0 Å². The molecule has 0 bridgehead atoms. The minimum Gasteiger partial charge on any atom is -0.320 e. The Morgan fingerprint density at radius 1 is 1.11 bits per heavy atom. The Labute approximate surface area is 120 Å². The van der Waals surface area contributed by atoms with Gasteiger partial charge in [0.25, 0.3) is 0 Å². The second kappa shape index (κ2) is 6.88. The van der Waals surface area contributed by atoms with Crippen molar-refractivity contribution in [3.8, 4) is 0 Å². The van der Waals surface area contributed by atoms with Gasteiger partial charge in [-0.15, -0.1) is 11.3 Å². The van der Waals surface area contributed by atoms with Gasteiger partial charge in [-0.3, -0.25) is 0 Å². The molecular formula is C17H23NS. The van der Waals surface area contributed by atoms with Gasteiger partial charge in [-0.1, -0.05) is 44.5 Å². The first kappa shape index (κ1) is 14.3. The predicted molar refractivity (Wildman–Crippen MR) is 84.8 cm³/mol. The van der Waals surface area contributed by atoms with Crippen molar-refractivity contribution in [2.24, 2.45) is 5.73 Å². The molecule has 0 spiro atoms. The van der Waals surface area contributed by atoms with Crippen molar-refractivity contribution >= 4 is 11.3 Å². The lowest BCUT2D eigenvalue weighted by Crippen LogP contribution is -2.11. The Balaban J connectivity index is 2.13. The highest BCUT2D eigenvalue weighted by Gasteiger charge is 2.13. The van der Waals surface area contributed by atoms with Crippen molar-refractivity contribution in [3.63, 3.8) is 0 Å². The lowest BCUT2D eigenvalue weighted by atomic mass is 9.99. The summed E-state index contributed by atoms with van der Waals surface area (Å²) in [5.74, 6) is 0. The summed E-state index contributed by atoms with van der Waals surface area (Å²) in [7, 11) is 0. The standard InChI is InChI=1S/C17H23NS/c1-3-5-6-13-7-9-15(10-8-13)16(18)17-14(4-2)11-12-19-17/h7-12,16H,3-6,18H2,1-2H3. The van der Waals surface area contributed by atoms with Crippen molar-refractivity contribution in [3.05, 3.63) is 57.3 Å². The van der Waals surface area contributed by atoms with Crippen molar-refractivity contribution in [1.29, 1.82) is 0 Å². The van der Waals surface area contributed by atoms with Crippen LogP contribution in [-0.2, 0) is 12.8 Å². The summed E-state index contributed by atoms with van der Waals surface area (Å²) >= 11 is 1.77. The zero-order valence-corrected chi connectivity index (χ0v) is 12.7. The third-order valence-electron chi connectivity index (χ3n) is 3.60. The first-order valence-electron chi connectivity index (χ1n) is 7.17. The molecule has 2 rings (SSSR count). The Morgan fingerprint density at radius 2 is 1.84 bits per heavy atom. The number of rotatable bonds is 6. The molecule has 1 unspecified atom stereocenters. The van der Waals surface area contributed by atoms with E-state index in [4.69, 9.17) is 5.73 Å². The van der Waals surface area contributed by atoms with Crippen LogP contribution in [0.15, 0.2) is 35.7 Å². The summed E-state index contributed by atoms with van der Waals surface area (Å²) in [6.07, 6.45) is 4.74. The fourth-order valence-corrected chi connectivity index (χ4v) is 3.36. The molecule has 1 atom stereocenters. The summed E-state index contributed by atoms with van der Waals surface area (Å²) in [6.45, 7) is 4.42. The highest BCUT2D eigenvalue weighted by Crippen LogP contribution is 2.28. The summed E-state index contributed by atoms with van der Waals surface area (Å²) in [5.41, 5.74) is 10.4. The number of hydrogen-bond donors (Lipinski definition) is 1. The molecule has 0 radical (unpaired) electrons. The van der Waals surface area contributed by atoms with E-state index in [0.717, 1.165) is 6.42 Å². The number of aryl methyl sites for hydroxylation is 2. The third-order valence-corrected chi connectivity index (χ3v) is 4.64. The van der Waals surface area contributed by atoms with E-state index in [1.165, 1.54) is 40.8 Å². The Bertz CT molecular complexity index is 498. The summed E-state index contributed by atoms with van der Waals surface area (Å²) in [5, 5.41) is 2.14. The van der Waals surface area contributed by atoms with E-state index in [1.807, 2.05) is 0 Å². The molecule has 1 aromatic heterocycles. The second-order valence-electron chi connectivity index (χ2n) is 4.99. The molecule has 1 nitrogen and oxygen atoms in total. The molecule has 2 heteroatoms. The zero-order valence-electron chi connectivity index (χ0n) is 11.9. The maximum absolute atomic E-state index is 6.40. The van der Waals surface area contributed by atoms with E-state index in [2.05, 4.69) is 49.6 Å². The lowest BCUT2D eigenvalue weighted by Gasteiger charge is -2.13. The van der Waals surface area contributed by atoms with Gasteiger partial charge in [0, 0.05) is 4.88 Å². The number of nitrogens with two attached hydrogens (primary N) is 1. The van der Waals surface area contributed by atoms with Crippen LogP contribution in [0.3, 0.4) is 0 Å². The minimum atomic E-state index is 0.0233. The molecular weight excluding hydrogens is 250 g/mol. The number of benzene rings is 1. The summed E-state index contributed by atoms with van der Waals surface area (Å²) < 4.78 is 0. The topological polar surface area (TPSA) is 26.0 Å². The van der Waals surface area contributed by atoms with Crippen molar-refractivity contribution in [1.82, 2.24) is 0 Å². The van der Waals surface area contributed by atoms with Crippen LogP contribution in [0.1, 0.15) is 54.3 Å². The van der Waals surface area contributed by atoms with E-state index in [9.17, 15) is 0 Å². The van der Waals surface area contributed by atoms with Gasteiger partial charge in [-0.05, 0) is 47.4 Å². The maximum atomic E-state index is 6.40. The van der Waals surface area contributed by atoms with Gasteiger partial charge < -0.3 is 5.73 Å². The monoisotopic (exact) mass is 273 g/mol. The Morgan fingerprint density at radius 3 is 2.47 bits per heavy atom. The summed E-state index contributed by atoms with van der Waals surface area (Å²) in [6, 6.07) is 11.0. The Hall–Kier alpha value is -1.12. The molecule has 0 saturated carbocycles. The molecule has 2 aromatic rings. The van der Waals surface area contributed by atoms with E-state index < -0.39 is 0 Å². The van der Waals surface area contributed by atoms with Gasteiger partial charge in [0.05, 0.1) is 6.04 Å². The molecule has 102 valence electrons. The van der Waals surface area contributed by atoms with Crippen LogP contribution in [-0.4, -0.2) is 0 Å². The smallest absolute Gasteiger partial charge is 0.0648 e. The number of unbranched alkanes of at least 4 members (excludes halogenated alkanes) is 1. The molecule has 2 N–H and O–H groups in total. The van der Waals surface area contributed by atoms with Gasteiger partial charge in [0.1, 0.15) is 0 Å². The summed E-state index contributed by atoms with van der Waals surface area (Å²) in [4.78, 5) is 1.31. The maximum Gasteiger partial charge on any atom is 0.0648 e. The predicted octanol–water partition coefficient (Wildman–Crippen LogP) is 4.70. The first-order chi connectivity index (χ1) is 9.26. The van der Waals surface area contributed by atoms with Crippen LogP contribution in [0, 0.1) is 0 Å². The highest BCUT2D eigenvalue weighted by atomic mass is 32.1. The van der Waals surface area contributed by atoms with E-state index >= 15 is 0 Å². The third kappa shape index (κ3) is 3.46. The van der Waals surface area contributed by atoms with Crippen molar-refractivity contribution in [2.75, 3.05) is 0 Å². The first-order valence-corrected chi connectivity index (χ1v) is 8.04. The number of hydrogen-bond acceptors (Lipinski definition) is 2. The molecule has 0 aliphatic heterocycles.